The topological polar surface area (TPSA) is 69.6 Å². The number of carbonyl (C=O) groups excluding carboxylic acids is 2. The van der Waals surface area contributed by atoms with Crippen LogP contribution in [0.5, 0.6) is 5.75 Å². The highest BCUT2D eigenvalue weighted by Crippen LogP contribution is 2.25. The normalized spacial score (nSPS) is 13.5. The van der Waals surface area contributed by atoms with Gasteiger partial charge in [-0.15, -0.1) is 11.3 Å². The molecule has 24 heavy (non-hydrogen) atoms. The van der Waals surface area contributed by atoms with E-state index in [4.69, 9.17) is 11.6 Å². The van der Waals surface area contributed by atoms with Crippen molar-refractivity contribution in [1.82, 2.24) is 10.2 Å². The molecule has 0 saturated carbocycles. The number of halogens is 1. The van der Waals surface area contributed by atoms with E-state index in [0.717, 1.165) is 13.0 Å². The number of carbonyl (C=O) groups is 2. The lowest BCUT2D eigenvalue weighted by atomic mass is 10.1. The fourth-order valence-corrected chi connectivity index (χ4v) is 3.72. The van der Waals surface area contributed by atoms with Crippen molar-refractivity contribution >= 4 is 34.8 Å². The van der Waals surface area contributed by atoms with Crippen LogP contribution in [0, 0.1) is 0 Å². The van der Waals surface area contributed by atoms with Crippen LogP contribution in [-0.2, 0) is 17.8 Å². The number of nitrogens with zero attached hydrogens (tertiary/aromatic N) is 1. The van der Waals surface area contributed by atoms with Gasteiger partial charge in [0.15, 0.2) is 0 Å². The van der Waals surface area contributed by atoms with Gasteiger partial charge in [-0.3, -0.25) is 9.59 Å². The lowest BCUT2D eigenvalue weighted by Gasteiger charge is -2.27. The Labute approximate surface area is 148 Å². The van der Waals surface area contributed by atoms with Gasteiger partial charge >= 0.3 is 0 Å². The molecule has 1 aromatic heterocycles. The number of phenols is 1. The predicted octanol–water partition coefficient (Wildman–Crippen LogP) is 2.81. The molecule has 2 heterocycles. The molecule has 0 aliphatic carbocycles. The molecule has 5 nitrogen and oxygen atoms in total. The first-order chi connectivity index (χ1) is 11.5. The van der Waals surface area contributed by atoms with Crippen LogP contribution in [0.4, 0.5) is 0 Å². The molecule has 0 radical (unpaired) electrons. The van der Waals surface area contributed by atoms with Crippen molar-refractivity contribution < 1.29 is 14.7 Å². The second kappa shape index (κ2) is 7.23. The minimum Gasteiger partial charge on any atom is -0.506 e. The first-order valence-corrected chi connectivity index (χ1v) is 8.90. The second-order valence-electron chi connectivity index (χ2n) is 5.61. The molecule has 0 atom stereocenters. The Hall–Kier alpha value is -2.05. The van der Waals surface area contributed by atoms with Crippen LogP contribution in [0.1, 0.15) is 27.2 Å². The zero-order valence-corrected chi connectivity index (χ0v) is 14.5. The average molecular weight is 365 g/mol. The van der Waals surface area contributed by atoms with Gasteiger partial charge < -0.3 is 15.3 Å². The molecule has 0 spiro atoms. The van der Waals surface area contributed by atoms with Crippen molar-refractivity contribution in [3.05, 3.63) is 50.7 Å². The Kier molecular flexibility index (Phi) is 5.06. The van der Waals surface area contributed by atoms with E-state index in [1.807, 2.05) is 4.90 Å². The summed E-state index contributed by atoms with van der Waals surface area (Å²) in [6, 6.07) is 6.32. The summed E-state index contributed by atoms with van der Waals surface area (Å²) < 4.78 is 0. The molecular formula is C17H17ClN2O3S. The number of fused-ring (bicyclic) bond motifs is 1. The Balaban J connectivity index is 1.48. The maximum absolute atomic E-state index is 12.3. The van der Waals surface area contributed by atoms with Crippen molar-refractivity contribution in [1.29, 1.82) is 0 Å². The van der Waals surface area contributed by atoms with Crippen LogP contribution in [0.15, 0.2) is 29.6 Å². The molecule has 0 unspecified atom stereocenters. The lowest BCUT2D eigenvalue weighted by Crippen LogP contribution is -2.37. The molecule has 2 aromatic rings. The van der Waals surface area contributed by atoms with E-state index in [1.165, 1.54) is 28.6 Å². The van der Waals surface area contributed by atoms with E-state index >= 15 is 0 Å². The van der Waals surface area contributed by atoms with Crippen molar-refractivity contribution in [3.63, 3.8) is 0 Å². The molecule has 126 valence electrons. The summed E-state index contributed by atoms with van der Waals surface area (Å²) in [4.78, 5) is 27.5. The molecule has 1 aromatic carbocycles. The van der Waals surface area contributed by atoms with Crippen LogP contribution in [0.2, 0.25) is 5.02 Å². The molecular weight excluding hydrogens is 348 g/mol. The van der Waals surface area contributed by atoms with E-state index in [2.05, 4.69) is 16.8 Å². The highest BCUT2D eigenvalue weighted by molar-refractivity contribution is 7.10. The van der Waals surface area contributed by atoms with Crippen molar-refractivity contribution in [2.24, 2.45) is 0 Å². The highest BCUT2D eigenvalue weighted by atomic mass is 35.5. The van der Waals surface area contributed by atoms with Gasteiger partial charge in [0.2, 0.25) is 5.91 Å². The number of hydrogen-bond acceptors (Lipinski definition) is 4. The molecule has 0 saturated heterocycles. The van der Waals surface area contributed by atoms with Crippen molar-refractivity contribution in [2.45, 2.75) is 19.4 Å². The summed E-state index contributed by atoms with van der Waals surface area (Å²) >= 11 is 7.52. The van der Waals surface area contributed by atoms with E-state index in [-0.39, 0.29) is 35.6 Å². The summed E-state index contributed by atoms with van der Waals surface area (Å²) in [5.74, 6) is -0.347. The minimum atomic E-state index is -0.316. The number of phenolic OH excluding ortho intramolecular Hbond substituents is 1. The molecule has 0 bridgehead atoms. The van der Waals surface area contributed by atoms with Crippen molar-refractivity contribution in [2.75, 3.05) is 13.1 Å². The van der Waals surface area contributed by atoms with Crippen LogP contribution in [-0.4, -0.2) is 34.9 Å². The largest absolute Gasteiger partial charge is 0.506 e. The van der Waals surface area contributed by atoms with Gasteiger partial charge in [0.1, 0.15) is 5.75 Å². The number of aromatic hydroxyl groups is 1. The molecule has 1 aliphatic rings. The van der Waals surface area contributed by atoms with Crippen LogP contribution in [0.25, 0.3) is 0 Å². The molecule has 1 aliphatic heterocycles. The Bertz CT molecular complexity index is 775. The Morgan fingerprint density at radius 2 is 2.17 bits per heavy atom. The third-order valence-corrected chi connectivity index (χ3v) is 5.32. The number of amides is 2. The zero-order valence-electron chi connectivity index (χ0n) is 12.9. The summed E-state index contributed by atoms with van der Waals surface area (Å²) in [7, 11) is 0. The first kappa shape index (κ1) is 16.8. The standard InChI is InChI=1S/C17H17ClN2O3S/c18-13-9-11(1-2-14(13)21)17(23)19-6-3-16(22)20-7-4-15-12(10-20)5-8-24-15/h1-2,5,8-9,21H,3-4,6-7,10H2,(H,19,23). The Morgan fingerprint density at radius 3 is 2.96 bits per heavy atom. The number of hydrogen-bond donors (Lipinski definition) is 2. The van der Waals surface area contributed by atoms with E-state index < -0.39 is 0 Å². The monoisotopic (exact) mass is 364 g/mol. The second-order valence-corrected chi connectivity index (χ2v) is 7.01. The third-order valence-electron chi connectivity index (χ3n) is 3.99. The van der Waals surface area contributed by atoms with Crippen molar-refractivity contribution in [3.8, 4) is 5.75 Å². The number of thiophene rings is 1. The van der Waals surface area contributed by atoms with Gasteiger partial charge in [0.25, 0.3) is 5.91 Å². The van der Waals surface area contributed by atoms with Crippen LogP contribution in [0.3, 0.4) is 0 Å². The lowest BCUT2D eigenvalue weighted by molar-refractivity contribution is -0.131. The average Bonchev–Trinajstić information content (AvgIpc) is 3.04. The van der Waals surface area contributed by atoms with E-state index in [9.17, 15) is 14.7 Å². The van der Waals surface area contributed by atoms with Gasteiger partial charge in [-0.05, 0) is 41.6 Å². The van der Waals surface area contributed by atoms with Gasteiger partial charge in [-0.25, -0.2) is 0 Å². The van der Waals surface area contributed by atoms with Gasteiger partial charge in [0, 0.05) is 36.5 Å². The summed E-state index contributed by atoms with van der Waals surface area (Å²) in [6.07, 6.45) is 1.16. The third kappa shape index (κ3) is 3.71. The van der Waals surface area contributed by atoms with Gasteiger partial charge in [-0.1, -0.05) is 11.6 Å². The fourth-order valence-electron chi connectivity index (χ4n) is 2.65. The number of nitrogens with one attached hydrogen (secondary N) is 1. The quantitative estimate of drug-likeness (QED) is 0.876. The molecule has 0 fully saturated rings. The SMILES string of the molecule is O=C(NCCC(=O)N1CCc2sccc2C1)c1ccc(O)c(Cl)c1. The molecule has 2 amide bonds. The summed E-state index contributed by atoms with van der Waals surface area (Å²) in [5.41, 5.74) is 1.58. The maximum Gasteiger partial charge on any atom is 0.251 e. The van der Waals surface area contributed by atoms with E-state index in [1.54, 1.807) is 11.3 Å². The number of rotatable bonds is 4. The molecule has 3 rings (SSSR count). The smallest absolute Gasteiger partial charge is 0.251 e. The summed E-state index contributed by atoms with van der Waals surface area (Å²) in [6.45, 7) is 1.65. The van der Waals surface area contributed by atoms with Crippen LogP contribution >= 0.6 is 22.9 Å². The zero-order chi connectivity index (χ0) is 17.1. The highest BCUT2D eigenvalue weighted by Gasteiger charge is 2.21. The predicted molar refractivity (Wildman–Crippen MR) is 93.5 cm³/mol. The number of benzene rings is 1. The van der Waals surface area contributed by atoms with Gasteiger partial charge in [-0.2, -0.15) is 0 Å². The maximum atomic E-state index is 12.3. The van der Waals surface area contributed by atoms with Gasteiger partial charge in [0.05, 0.1) is 5.02 Å². The minimum absolute atomic E-state index is 0.0379. The fraction of sp³-hybridized carbons (Fsp3) is 0.294. The van der Waals surface area contributed by atoms with E-state index in [0.29, 0.717) is 12.1 Å². The summed E-state index contributed by atoms with van der Waals surface area (Å²) in [5, 5.41) is 14.2. The molecule has 2 N–H and O–H groups in total. The Morgan fingerprint density at radius 1 is 1.33 bits per heavy atom. The first-order valence-electron chi connectivity index (χ1n) is 7.64. The van der Waals surface area contributed by atoms with Crippen LogP contribution < -0.4 is 5.32 Å². The molecule has 7 heteroatoms.